The molecule has 0 bridgehead atoms. The molecule has 1 aromatic carbocycles. The summed E-state index contributed by atoms with van der Waals surface area (Å²) in [6.07, 6.45) is 7.41. The molecule has 126 valence electrons. The van der Waals surface area contributed by atoms with Crippen LogP contribution in [0.1, 0.15) is 36.4 Å². The molecule has 2 amide bonds. The van der Waals surface area contributed by atoms with Gasteiger partial charge in [-0.15, -0.1) is 0 Å². The number of pyridine rings is 1. The third-order valence-corrected chi connectivity index (χ3v) is 4.44. The molecule has 3 rings (SSSR count). The summed E-state index contributed by atoms with van der Waals surface area (Å²) >= 11 is 0. The van der Waals surface area contributed by atoms with E-state index in [9.17, 15) is 9.18 Å². The van der Waals surface area contributed by atoms with Crippen LogP contribution in [0.2, 0.25) is 0 Å². The number of hydrogen-bond acceptors (Lipinski definition) is 2. The lowest BCUT2D eigenvalue weighted by molar-refractivity contribution is 0.151. The van der Waals surface area contributed by atoms with Gasteiger partial charge < -0.3 is 10.2 Å². The summed E-state index contributed by atoms with van der Waals surface area (Å²) in [5.74, 6) is -0.240. The van der Waals surface area contributed by atoms with Crippen molar-refractivity contribution in [1.82, 2.24) is 15.2 Å². The molecule has 1 saturated heterocycles. The van der Waals surface area contributed by atoms with Crippen molar-refractivity contribution in [3.8, 4) is 0 Å². The number of nitrogens with one attached hydrogen (secondary N) is 1. The SMILES string of the molecule is O=C(NCCc1ccc(F)cc1)N1CCCCC1c1cccnc1. The molecule has 24 heavy (non-hydrogen) atoms. The second kappa shape index (κ2) is 7.90. The van der Waals surface area contributed by atoms with Gasteiger partial charge in [-0.25, -0.2) is 9.18 Å². The molecule has 1 N–H and O–H groups in total. The lowest BCUT2D eigenvalue weighted by Gasteiger charge is -2.35. The average molecular weight is 327 g/mol. The third kappa shape index (κ3) is 4.10. The van der Waals surface area contributed by atoms with Gasteiger partial charge in [0, 0.05) is 25.5 Å². The van der Waals surface area contributed by atoms with Gasteiger partial charge in [0.25, 0.3) is 0 Å². The first-order valence-corrected chi connectivity index (χ1v) is 8.43. The fraction of sp³-hybridized carbons (Fsp3) is 0.368. The average Bonchev–Trinajstić information content (AvgIpc) is 2.64. The van der Waals surface area contributed by atoms with E-state index in [1.807, 2.05) is 23.2 Å². The predicted octanol–water partition coefficient (Wildman–Crippen LogP) is 3.70. The zero-order chi connectivity index (χ0) is 16.8. The van der Waals surface area contributed by atoms with Crippen LogP contribution in [-0.2, 0) is 6.42 Å². The number of carbonyl (C=O) groups is 1. The molecule has 0 spiro atoms. The van der Waals surface area contributed by atoms with Crippen LogP contribution in [0.3, 0.4) is 0 Å². The van der Waals surface area contributed by atoms with E-state index in [4.69, 9.17) is 0 Å². The van der Waals surface area contributed by atoms with Crippen LogP contribution in [0.15, 0.2) is 48.8 Å². The molecular formula is C19H22FN3O. The molecule has 1 aromatic heterocycles. The Morgan fingerprint density at radius 1 is 1.25 bits per heavy atom. The lowest BCUT2D eigenvalue weighted by Crippen LogP contribution is -2.45. The summed E-state index contributed by atoms with van der Waals surface area (Å²) in [6, 6.07) is 10.4. The fourth-order valence-electron chi connectivity index (χ4n) is 3.16. The van der Waals surface area contributed by atoms with Gasteiger partial charge in [0.2, 0.25) is 0 Å². The summed E-state index contributed by atoms with van der Waals surface area (Å²) in [7, 11) is 0. The predicted molar refractivity (Wildman–Crippen MR) is 91.0 cm³/mol. The van der Waals surface area contributed by atoms with Crippen molar-refractivity contribution < 1.29 is 9.18 Å². The van der Waals surface area contributed by atoms with Gasteiger partial charge in [0.15, 0.2) is 0 Å². The number of nitrogens with zero attached hydrogens (tertiary/aromatic N) is 2. The summed E-state index contributed by atoms with van der Waals surface area (Å²) < 4.78 is 12.9. The van der Waals surface area contributed by atoms with Crippen molar-refractivity contribution in [1.29, 1.82) is 0 Å². The van der Waals surface area contributed by atoms with Crippen LogP contribution >= 0.6 is 0 Å². The molecule has 0 radical (unpaired) electrons. The molecule has 1 unspecified atom stereocenters. The molecule has 1 aliphatic heterocycles. The molecule has 4 nitrogen and oxygen atoms in total. The normalized spacial score (nSPS) is 17.5. The summed E-state index contributed by atoms with van der Waals surface area (Å²) in [5.41, 5.74) is 2.10. The number of aromatic nitrogens is 1. The maximum absolute atomic E-state index is 12.9. The highest BCUT2D eigenvalue weighted by Crippen LogP contribution is 2.30. The minimum Gasteiger partial charge on any atom is -0.338 e. The lowest BCUT2D eigenvalue weighted by atomic mass is 9.97. The largest absolute Gasteiger partial charge is 0.338 e. The first-order valence-electron chi connectivity index (χ1n) is 8.43. The highest BCUT2D eigenvalue weighted by molar-refractivity contribution is 5.74. The number of rotatable bonds is 4. The van der Waals surface area contributed by atoms with E-state index in [-0.39, 0.29) is 17.9 Å². The van der Waals surface area contributed by atoms with E-state index < -0.39 is 0 Å². The van der Waals surface area contributed by atoms with Gasteiger partial charge in [-0.2, -0.15) is 0 Å². The van der Waals surface area contributed by atoms with E-state index in [0.29, 0.717) is 13.0 Å². The number of carbonyl (C=O) groups excluding carboxylic acids is 1. The van der Waals surface area contributed by atoms with Crippen molar-refractivity contribution in [2.24, 2.45) is 0 Å². The molecule has 0 saturated carbocycles. The van der Waals surface area contributed by atoms with Gasteiger partial charge in [-0.1, -0.05) is 18.2 Å². The first kappa shape index (κ1) is 16.4. The topological polar surface area (TPSA) is 45.2 Å². The zero-order valence-corrected chi connectivity index (χ0v) is 13.6. The molecule has 2 aromatic rings. The van der Waals surface area contributed by atoms with E-state index in [2.05, 4.69) is 10.3 Å². The highest BCUT2D eigenvalue weighted by atomic mass is 19.1. The Labute approximate surface area is 141 Å². The number of piperidine rings is 1. The quantitative estimate of drug-likeness (QED) is 0.930. The van der Waals surface area contributed by atoms with Gasteiger partial charge in [0.05, 0.1) is 6.04 Å². The summed E-state index contributed by atoms with van der Waals surface area (Å²) in [6.45, 7) is 1.31. The standard InChI is InChI=1S/C19H22FN3O/c20-17-8-6-15(7-9-17)10-12-22-19(24)23-13-2-1-5-18(23)16-4-3-11-21-14-16/h3-4,6-9,11,14,18H,1-2,5,10,12-13H2,(H,22,24). The number of likely N-dealkylation sites (tertiary alicyclic amines) is 1. The Hall–Kier alpha value is -2.43. The molecular weight excluding hydrogens is 305 g/mol. The van der Waals surface area contributed by atoms with E-state index >= 15 is 0 Å². The van der Waals surface area contributed by atoms with Crippen LogP contribution in [0.5, 0.6) is 0 Å². The van der Waals surface area contributed by atoms with Crippen molar-refractivity contribution >= 4 is 6.03 Å². The van der Waals surface area contributed by atoms with Gasteiger partial charge >= 0.3 is 6.03 Å². The molecule has 1 aliphatic rings. The van der Waals surface area contributed by atoms with E-state index in [1.165, 1.54) is 12.1 Å². The van der Waals surface area contributed by atoms with Crippen molar-refractivity contribution in [2.75, 3.05) is 13.1 Å². The Balaban J connectivity index is 1.57. The van der Waals surface area contributed by atoms with Gasteiger partial charge in [0.1, 0.15) is 5.82 Å². The molecule has 0 aliphatic carbocycles. The minimum atomic E-state index is -0.240. The number of hydrogen-bond donors (Lipinski definition) is 1. The maximum Gasteiger partial charge on any atom is 0.317 e. The van der Waals surface area contributed by atoms with Gasteiger partial charge in [-0.05, 0) is 55.0 Å². The van der Waals surface area contributed by atoms with E-state index in [1.54, 1.807) is 18.3 Å². The van der Waals surface area contributed by atoms with Crippen molar-refractivity contribution in [3.63, 3.8) is 0 Å². The Morgan fingerprint density at radius 2 is 2.08 bits per heavy atom. The second-order valence-electron chi connectivity index (χ2n) is 6.10. The number of benzene rings is 1. The van der Waals surface area contributed by atoms with Gasteiger partial charge in [-0.3, -0.25) is 4.98 Å². The zero-order valence-electron chi connectivity index (χ0n) is 13.6. The van der Waals surface area contributed by atoms with Crippen LogP contribution < -0.4 is 5.32 Å². The fourth-order valence-corrected chi connectivity index (χ4v) is 3.16. The molecule has 1 atom stereocenters. The number of halogens is 1. The Morgan fingerprint density at radius 3 is 2.83 bits per heavy atom. The Kier molecular flexibility index (Phi) is 5.41. The first-order chi connectivity index (χ1) is 11.7. The van der Waals surface area contributed by atoms with E-state index in [0.717, 1.165) is 36.9 Å². The number of amides is 2. The van der Waals surface area contributed by atoms with Crippen LogP contribution in [-0.4, -0.2) is 29.0 Å². The molecule has 2 heterocycles. The minimum absolute atomic E-state index is 0.0364. The number of urea groups is 1. The smallest absolute Gasteiger partial charge is 0.317 e. The molecule has 1 fully saturated rings. The third-order valence-electron chi connectivity index (χ3n) is 4.44. The monoisotopic (exact) mass is 327 g/mol. The highest BCUT2D eigenvalue weighted by Gasteiger charge is 2.27. The van der Waals surface area contributed by atoms with Crippen molar-refractivity contribution in [3.05, 3.63) is 65.7 Å². The molecule has 5 heteroatoms. The second-order valence-corrected chi connectivity index (χ2v) is 6.10. The van der Waals surface area contributed by atoms with Crippen LogP contribution in [0.25, 0.3) is 0 Å². The summed E-state index contributed by atoms with van der Waals surface area (Å²) in [5, 5.41) is 2.99. The Bertz CT molecular complexity index is 660. The van der Waals surface area contributed by atoms with Crippen LogP contribution in [0.4, 0.5) is 9.18 Å². The summed E-state index contributed by atoms with van der Waals surface area (Å²) in [4.78, 5) is 18.6. The van der Waals surface area contributed by atoms with Crippen LogP contribution in [0, 0.1) is 5.82 Å². The van der Waals surface area contributed by atoms with Crippen molar-refractivity contribution in [2.45, 2.75) is 31.7 Å². The maximum atomic E-state index is 12.9.